The average molecular weight is 638 g/mol. The van der Waals surface area contributed by atoms with E-state index in [9.17, 15) is 14.7 Å². The van der Waals surface area contributed by atoms with Gasteiger partial charge in [0.15, 0.2) is 0 Å². The number of thiazole rings is 1. The van der Waals surface area contributed by atoms with E-state index in [1.807, 2.05) is 65.7 Å². The lowest BCUT2D eigenvalue weighted by Gasteiger charge is -2.41. The summed E-state index contributed by atoms with van der Waals surface area (Å²) in [6.45, 7) is 7.09. The van der Waals surface area contributed by atoms with Crippen LogP contribution in [-0.2, 0) is 13.0 Å². The summed E-state index contributed by atoms with van der Waals surface area (Å²) in [6, 6.07) is 26.6. The number of aliphatic hydroxyl groups is 1. The molecule has 3 N–H and O–H groups in total. The zero-order chi connectivity index (χ0) is 32.0. The van der Waals surface area contributed by atoms with Gasteiger partial charge in [-0.25, -0.2) is 4.98 Å². The zero-order valence-electron chi connectivity index (χ0n) is 26.5. The summed E-state index contributed by atoms with van der Waals surface area (Å²) < 4.78 is 0. The molecule has 8 nitrogen and oxygen atoms in total. The second-order valence-electron chi connectivity index (χ2n) is 12.7. The Hall–Kier alpha value is -3.89. The molecule has 0 saturated carbocycles. The molecule has 2 saturated heterocycles. The molecule has 2 aliphatic heterocycles. The van der Waals surface area contributed by atoms with Crippen LogP contribution in [0.5, 0.6) is 0 Å². The van der Waals surface area contributed by atoms with Crippen LogP contribution in [0.2, 0.25) is 0 Å². The van der Waals surface area contributed by atoms with Crippen LogP contribution in [0.25, 0.3) is 0 Å². The van der Waals surface area contributed by atoms with E-state index in [0.29, 0.717) is 30.6 Å². The van der Waals surface area contributed by atoms with Crippen molar-refractivity contribution in [1.29, 1.82) is 0 Å². The van der Waals surface area contributed by atoms with E-state index >= 15 is 0 Å². The summed E-state index contributed by atoms with van der Waals surface area (Å²) in [4.78, 5) is 36.4. The number of likely N-dealkylation sites (tertiary alicyclic amines) is 1. The van der Waals surface area contributed by atoms with Crippen LogP contribution in [0.1, 0.15) is 68.4 Å². The number of rotatable bonds is 10. The smallest absolute Gasteiger partial charge is 0.254 e. The minimum Gasteiger partial charge on any atom is -0.389 e. The van der Waals surface area contributed by atoms with Gasteiger partial charge in [-0.3, -0.25) is 14.5 Å². The van der Waals surface area contributed by atoms with Crippen molar-refractivity contribution in [3.63, 3.8) is 0 Å². The molecular formula is C37H43N5O3S. The predicted octanol–water partition coefficient (Wildman–Crippen LogP) is 4.99. The number of carbonyl (C=O) groups is 2. The quantitative estimate of drug-likeness (QED) is 0.227. The minimum atomic E-state index is -0.845. The summed E-state index contributed by atoms with van der Waals surface area (Å²) in [6.07, 6.45) is 1.43. The number of aromatic nitrogens is 1. The molecule has 0 bridgehead atoms. The lowest BCUT2D eigenvalue weighted by Crippen LogP contribution is -2.63. The van der Waals surface area contributed by atoms with Crippen LogP contribution in [0.4, 0.5) is 0 Å². The van der Waals surface area contributed by atoms with Crippen LogP contribution in [0.3, 0.4) is 0 Å². The van der Waals surface area contributed by atoms with Crippen LogP contribution >= 0.6 is 11.3 Å². The molecule has 0 radical (unpaired) electrons. The minimum absolute atomic E-state index is 0.0408. The molecule has 4 aromatic rings. The van der Waals surface area contributed by atoms with Crippen LogP contribution in [0.15, 0.2) is 90.3 Å². The van der Waals surface area contributed by atoms with Crippen molar-refractivity contribution in [3.8, 4) is 0 Å². The fourth-order valence-corrected chi connectivity index (χ4v) is 7.74. The maximum atomic E-state index is 13.8. The van der Waals surface area contributed by atoms with Crippen LogP contribution in [0, 0.1) is 6.92 Å². The van der Waals surface area contributed by atoms with Gasteiger partial charge in [0.05, 0.1) is 18.2 Å². The number of aryl methyl sites for hydroxylation is 1. The van der Waals surface area contributed by atoms with Gasteiger partial charge in [0.1, 0.15) is 5.01 Å². The predicted molar refractivity (Wildman–Crippen MR) is 182 cm³/mol. The van der Waals surface area contributed by atoms with Crippen molar-refractivity contribution in [2.45, 2.75) is 69.9 Å². The van der Waals surface area contributed by atoms with Gasteiger partial charge in [0.2, 0.25) is 0 Å². The number of nitrogens with zero attached hydrogens (tertiary/aromatic N) is 3. The Bertz CT molecular complexity index is 1610. The lowest BCUT2D eigenvalue weighted by molar-refractivity contribution is 0.0362. The Morgan fingerprint density at radius 1 is 1.00 bits per heavy atom. The highest BCUT2D eigenvalue weighted by Gasteiger charge is 2.35. The van der Waals surface area contributed by atoms with Gasteiger partial charge in [0.25, 0.3) is 11.8 Å². The lowest BCUT2D eigenvalue weighted by atomic mass is 9.93. The number of hydrogen-bond donors (Lipinski definition) is 3. The molecule has 3 aromatic carbocycles. The first-order valence-electron chi connectivity index (χ1n) is 16.2. The Labute approximate surface area is 275 Å². The molecule has 9 heteroatoms. The van der Waals surface area contributed by atoms with Gasteiger partial charge in [0, 0.05) is 60.5 Å². The molecule has 3 heterocycles. The Morgan fingerprint density at radius 3 is 2.43 bits per heavy atom. The number of benzene rings is 3. The van der Waals surface area contributed by atoms with Crippen molar-refractivity contribution in [2.24, 2.45) is 0 Å². The molecule has 240 valence electrons. The van der Waals surface area contributed by atoms with Crippen molar-refractivity contribution < 1.29 is 14.7 Å². The van der Waals surface area contributed by atoms with Crippen molar-refractivity contribution in [3.05, 3.63) is 123 Å². The third-order valence-corrected chi connectivity index (χ3v) is 10.0. The van der Waals surface area contributed by atoms with Crippen molar-refractivity contribution in [2.75, 3.05) is 19.6 Å². The normalized spacial score (nSPS) is 21.5. The van der Waals surface area contributed by atoms with Gasteiger partial charge in [-0.15, -0.1) is 11.3 Å². The Balaban J connectivity index is 1.18. The number of amides is 2. The molecule has 6 rings (SSSR count). The topological polar surface area (TPSA) is 97.8 Å². The standard InChI is InChI=1S/C37H43N5O3S/c1-25-21-41(22-28-13-7-4-8-14-28)23-32(38-25)34(43)31(19-27-11-5-3-6-12-27)40-35(44)29-15-9-16-30(20-29)37(45)42-18-10-17-33(42)36-39-26(2)24-46-36/h3-9,11-16,20,24-25,31-34,38,43H,10,17-19,21-23H2,1-2H3,(H,40,44)/t25?,31-,32+,33?,34-/m0/s1. The van der Waals surface area contributed by atoms with E-state index < -0.39 is 12.1 Å². The van der Waals surface area contributed by atoms with Crippen LogP contribution in [-0.4, -0.2) is 75.6 Å². The maximum Gasteiger partial charge on any atom is 0.254 e. The second-order valence-corrected chi connectivity index (χ2v) is 13.6. The number of aliphatic hydroxyl groups excluding tert-OH is 1. The summed E-state index contributed by atoms with van der Waals surface area (Å²) in [5.74, 6) is -0.405. The summed E-state index contributed by atoms with van der Waals surface area (Å²) in [7, 11) is 0. The SMILES string of the molecule is Cc1csc(C2CCCN2C(=O)c2cccc(C(=O)N[C@@H](Cc3ccccc3)[C@H](O)[C@H]3CN(Cc4ccccc4)CC(C)N3)c2)n1. The molecule has 0 aliphatic carbocycles. The molecule has 5 atom stereocenters. The highest BCUT2D eigenvalue weighted by Crippen LogP contribution is 2.35. The summed E-state index contributed by atoms with van der Waals surface area (Å²) >= 11 is 1.59. The summed E-state index contributed by atoms with van der Waals surface area (Å²) in [5.41, 5.74) is 4.10. The molecule has 46 heavy (non-hydrogen) atoms. The van der Waals surface area contributed by atoms with E-state index in [0.717, 1.165) is 42.2 Å². The first-order chi connectivity index (χ1) is 22.3. The highest BCUT2D eigenvalue weighted by atomic mass is 32.1. The molecule has 2 unspecified atom stereocenters. The third kappa shape index (κ3) is 7.73. The van der Waals surface area contributed by atoms with E-state index in [-0.39, 0.29) is 29.9 Å². The van der Waals surface area contributed by atoms with Gasteiger partial charge in [-0.2, -0.15) is 0 Å². The molecule has 2 aliphatic rings. The monoisotopic (exact) mass is 637 g/mol. The van der Waals surface area contributed by atoms with E-state index in [4.69, 9.17) is 0 Å². The van der Waals surface area contributed by atoms with Gasteiger partial charge >= 0.3 is 0 Å². The van der Waals surface area contributed by atoms with Gasteiger partial charge in [-0.05, 0) is 62.4 Å². The molecule has 2 fully saturated rings. The molecule has 2 amide bonds. The van der Waals surface area contributed by atoms with Crippen molar-refractivity contribution >= 4 is 23.2 Å². The molecular weight excluding hydrogens is 595 g/mol. The van der Waals surface area contributed by atoms with E-state index in [1.54, 1.807) is 35.6 Å². The number of carbonyl (C=O) groups excluding carboxylic acids is 2. The Morgan fingerprint density at radius 2 is 1.72 bits per heavy atom. The molecule has 1 aromatic heterocycles. The number of nitrogens with one attached hydrogen (secondary N) is 2. The van der Waals surface area contributed by atoms with Crippen LogP contribution < -0.4 is 10.6 Å². The fraction of sp³-hybridized carbons (Fsp3) is 0.378. The van der Waals surface area contributed by atoms with E-state index in [1.165, 1.54) is 5.56 Å². The van der Waals surface area contributed by atoms with Gasteiger partial charge in [-0.1, -0.05) is 66.7 Å². The molecule has 0 spiro atoms. The number of piperazine rings is 1. The maximum absolute atomic E-state index is 13.8. The van der Waals surface area contributed by atoms with Gasteiger partial charge < -0.3 is 20.6 Å². The largest absolute Gasteiger partial charge is 0.389 e. The fourth-order valence-electron chi connectivity index (χ4n) is 6.80. The second kappa shape index (κ2) is 14.7. The highest BCUT2D eigenvalue weighted by molar-refractivity contribution is 7.09. The zero-order valence-corrected chi connectivity index (χ0v) is 27.3. The average Bonchev–Trinajstić information content (AvgIpc) is 3.74. The first-order valence-corrected chi connectivity index (χ1v) is 17.1. The number of hydrogen-bond acceptors (Lipinski definition) is 7. The first kappa shape index (κ1) is 32.1. The van der Waals surface area contributed by atoms with Crippen molar-refractivity contribution in [1.82, 2.24) is 25.4 Å². The Kier molecular flexibility index (Phi) is 10.2. The third-order valence-electron chi connectivity index (χ3n) is 8.98. The van der Waals surface area contributed by atoms with E-state index in [2.05, 4.69) is 39.6 Å². The summed E-state index contributed by atoms with van der Waals surface area (Å²) in [5, 5.41) is 21.6.